The lowest BCUT2D eigenvalue weighted by Crippen LogP contribution is -1.68. The molecule has 0 atom stereocenters. The Balaban J connectivity index is 2.89. The molecule has 0 aromatic heterocycles. The molecule has 10 heavy (non-hydrogen) atoms. The van der Waals surface area contributed by atoms with Crippen molar-refractivity contribution in [2.75, 3.05) is 0 Å². The van der Waals surface area contributed by atoms with Crippen molar-refractivity contribution in [1.82, 2.24) is 0 Å². The van der Waals surface area contributed by atoms with Gasteiger partial charge in [-0.05, 0) is 22.9 Å². The summed E-state index contributed by atoms with van der Waals surface area (Å²) in [6.07, 6.45) is 0. The molecule has 2 radical (unpaired) electrons. The van der Waals surface area contributed by atoms with Crippen LogP contribution in [-0.4, -0.2) is 0 Å². The van der Waals surface area contributed by atoms with Gasteiger partial charge in [-0.3, -0.25) is 0 Å². The number of hydrogen-bond donors (Lipinski definition) is 0. The zero-order valence-electron chi connectivity index (χ0n) is 5.46. The number of rotatable bonds is 0. The van der Waals surface area contributed by atoms with Crippen LogP contribution in [0.3, 0.4) is 0 Å². The third-order valence-corrected chi connectivity index (χ3v) is 1.51. The molecule has 0 heterocycles. The van der Waals surface area contributed by atoms with E-state index in [-0.39, 0.29) is 0 Å². The summed E-state index contributed by atoms with van der Waals surface area (Å²) in [5, 5.41) is 2.35. The fourth-order valence-electron chi connectivity index (χ4n) is 1.01. The normalized spacial score (nSPS) is 10.0. The van der Waals surface area contributed by atoms with E-state index >= 15 is 0 Å². The Labute approximate surface area is 60.1 Å². The maximum absolute atomic E-state index is 3.03. The molecule has 0 amide bonds. The second kappa shape index (κ2) is 2.14. The van der Waals surface area contributed by atoms with Crippen molar-refractivity contribution in [2.45, 2.75) is 0 Å². The summed E-state index contributed by atoms with van der Waals surface area (Å²) < 4.78 is 0. The summed E-state index contributed by atoms with van der Waals surface area (Å²) in [7, 11) is 0. The zero-order chi connectivity index (χ0) is 6.81. The Hall–Kier alpha value is -1.30. The van der Waals surface area contributed by atoms with Crippen molar-refractivity contribution in [3.8, 4) is 0 Å². The average Bonchev–Trinajstić information content (AvgIpc) is 2.05. The molecule has 0 aliphatic heterocycles. The van der Waals surface area contributed by atoms with E-state index in [0.717, 1.165) is 5.39 Å². The Bertz CT molecular complexity index is 271. The summed E-state index contributed by atoms with van der Waals surface area (Å²) >= 11 is 0. The van der Waals surface area contributed by atoms with E-state index in [1.165, 1.54) is 5.39 Å². The maximum atomic E-state index is 3.03. The van der Waals surface area contributed by atoms with Gasteiger partial charge < -0.3 is 0 Å². The lowest BCUT2D eigenvalue weighted by atomic mass is 10.1. The van der Waals surface area contributed by atoms with Gasteiger partial charge >= 0.3 is 0 Å². The molecule has 0 N–H and O–H groups in total. The minimum absolute atomic E-state index is 1.13. The van der Waals surface area contributed by atoms with E-state index < -0.39 is 0 Å². The third kappa shape index (κ3) is 0.781. The molecule has 0 saturated carbocycles. The molecule has 2 aromatic rings. The standard InChI is InChI=1S/C10H6/c1-2-6-10-8-4-3-7-9(10)5-1/h1-3,5-7H. The van der Waals surface area contributed by atoms with Gasteiger partial charge in [-0.25, -0.2) is 0 Å². The van der Waals surface area contributed by atoms with Crippen molar-refractivity contribution in [2.24, 2.45) is 0 Å². The first-order valence-corrected chi connectivity index (χ1v) is 3.24. The van der Waals surface area contributed by atoms with Crippen LogP contribution in [0.25, 0.3) is 10.8 Å². The Morgan fingerprint density at radius 3 is 2.80 bits per heavy atom. The minimum atomic E-state index is 1.13. The van der Waals surface area contributed by atoms with Crippen LogP contribution in [0.15, 0.2) is 36.4 Å². The summed E-state index contributed by atoms with van der Waals surface area (Å²) in [6, 6.07) is 18.0. The molecule has 0 spiro atoms. The topological polar surface area (TPSA) is 0 Å². The Kier molecular flexibility index (Phi) is 1.17. The van der Waals surface area contributed by atoms with Gasteiger partial charge in [-0.2, -0.15) is 0 Å². The van der Waals surface area contributed by atoms with Crippen molar-refractivity contribution in [3.63, 3.8) is 0 Å². The van der Waals surface area contributed by atoms with E-state index in [1.807, 2.05) is 30.3 Å². The molecule has 46 valence electrons. The van der Waals surface area contributed by atoms with Gasteiger partial charge in [0.25, 0.3) is 0 Å². The van der Waals surface area contributed by atoms with Crippen molar-refractivity contribution < 1.29 is 0 Å². The predicted octanol–water partition coefficient (Wildman–Crippen LogP) is 2.44. The molecule has 0 unspecified atom stereocenters. The first-order valence-electron chi connectivity index (χ1n) is 3.24. The van der Waals surface area contributed by atoms with Gasteiger partial charge in [-0.1, -0.05) is 36.4 Å². The summed E-state index contributed by atoms with van der Waals surface area (Å²) in [5.74, 6) is 0. The summed E-state index contributed by atoms with van der Waals surface area (Å²) in [4.78, 5) is 0. The number of benzene rings is 2. The van der Waals surface area contributed by atoms with Crippen molar-refractivity contribution in [3.05, 3.63) is 48.5 Å². The largest absolute Gasteiger partial charge is 0.0616 e. The lowest BCUT2D eigenvalue weighted by Gasteiger charge is -1.91. The highest BCUT2D eigenvalue weighted by molar-refractivity contribution is 5.81. The van der Waals surface area contributed by atoms with Gasteiger partial charge in [0, 0.05) is 0 Å². The first kappa shape index (κ1) is 5.48. The van der Waals surface area contributed by atoms with Crippen molar-refractivity contribution >= 4 is 10.8 Å². The van der Waals surface area contributed by atoms with Crippen LogP contribution < -0.4 is 0 Å². The molecular weight excluding hydrogens is 120 g/mol. The zero-order valence-corrected chi connectivity index (χ0v) is 5.46. The molecule has 2 rings (SSSR count). The van der Waals surface area contributed by atoms with Gasteiger partial charge in [0.2, 0.25) is 0 Å². The quantitative estimate of drug-likeness (QED) is 0.508. The summed E-state index contributed by atoms with van der Waals surface area (Å²) in [5.41, 5.74) is 0. The van der Waals surface area contributed by atoms with Crippen LogP contribution in [-0.2, 0) is 0 Å². The molecule has 0 fully saturated rings. The third-order valence-electron chi connectivity index (χ3n) is 1.51. The highest BCUT2D eigenvalue weighted by Crippen LogP contribution is 2.10. The minimum Gasteiger partial charge on any atom is -0.0616 e. The van der Waals surface area contributed by atoms with Crippen LogP contribution >= 0.6 is 0 Å². The van der Waals surface area contributed by atoms with E-state index in [4.69, 9.17) is 0 Å². The fourth-order valence-corrected chi connectivity index (χ4v) is 1.01. The van der Waals surface area contributed by atoms with Crippen LogP contribution in [0.2, 0.25) is 0 Å². The summed E-state index contributed by atoms with van der Waals surface area (Å²) in [6.45, 7) is 0. The van der Waals surface area contributed by atoms with Crippen LogP contribution in [0.1, 0.15) is 0 Å². The van der Waals surface area contributed by atoms with Gasteiger partial charge in [-0.15, -0.1) is 0 Å². The van der Waals surface area contributed by atoms with E-state index in [0.29, 0.717) is 0 Å². The lowest BCUT2D eigenvalue weighted by molar-refractivity contribution is 1.73. The molecule has 0 aliphatic carbocycles. The molecule has 2 aromatic carbocycles. The van der Waals surface area contributed by atoms with Crippen LogP contribution in [0, 0.1) is 12.1 Å². The second-order valence-corrected chi connectivity index (χ2v) is 2.19. The average molecular weight is 126 g/mol. The smallest absolute Gasteiger partial charge is 0.00141 e. The molecular formula is C10H6. The number of fused-ring (bicyclic) bond motifs is 1. The molecule has 0 saturated heterocycles. The van der Waals surface area contributed by atoms with Crippen LogP contribution in [0.4, 0.5) is 0 Å². The SMILES string of the molecule is [c]1[c]c2ccccc2cc1. The van der Waals surface area contributed by atoms with E-state index in [1.54, 1.807) is 0 Å². The Morgan fingerprint density at radius 1 is 1.00 bits per heavy atom. The van der Waals surface area contributed by atoms with Crippen molar-refractivity contribution in [1.29, 1.82) is 0 Å². The van der Waals surface area contributed by atoms with Gasteiger partial charge in [0.15, 0.2) is 0 Å². The predicted molar refractivity (Wildman–Crippen MR) is 41.6 cm³/mol. The molecule has 0 aliphatic rings. The highest BCUT2D eigenvalue weighted by Gasteiger charge is 1.86. The highest BCUT2D eigenvalue weighted by atomic mass is 13.9. The van der Waals surface area contributed by atoms with Gasteiger partial charge in [0.1, 0.15) is 0 Å². The second-order valence-electron chi connectivity index (χ2n) is 2.19. The van der Waals surface area contributed by atoms with E-state index in [9.17, 15) is 0 Å². The molecule has 0 nitrogen and oxygen atoms in total. The Morgan fingerprint density at radius 2 is 1.90 bits per heavy atom. The monoisotopic (exact) mass is 126 g/mol. The fraction of sp³-hybridized carbons (Fsp3) is 0. The maximum Gasteiger partial charge on any atom is -0.00141 e. The van der Waals surface area contributed by atoms with E-state index in [2.05, 4.69) is 18.2 Å². The number of hydrogen-bond acceptors (Lipinski definition) is 0. The molecule has 0 heteroatoms. The first-order chi connectivity index (χ1) is 4.97. The van der Waals surface area contributed by atoms with Crippen LogP contribution in [0.5, 0.6) is 0 Å². The molecule has 0 bridgehead atoms. The van der Waals surface area contributed by atoms with Gasteiger partial charge in [0.05, 0.1) is 0 Å².